The van der Waals surface area contributed by atoms with Crippen molar-refractivity contribution in [3.63, 3.8) is 0 Å². The molecule has 0 N–H and O–H groups in total. The number of amides is 2. The fraction of sp³-hybridized carbons (Fsp3) is 0.364. The summed E-state index contributed by atoms with van der Waals surface area (Å²) in [6.07, 6.45) is -0.0162. The van der Waals surface area contributed by atoms with E-state index in [9.17, 15) is 9.59 Å². The molecule has 2 aromatic rings. The lowest BCUT2D eigenvalue weighted by Gasteiger charge is -2.29. The van der Waals surface area contributed by atoms with E-state index < -0.39 is 5.60 Å². The lowest BCUT2D eigenvalue weighted by Crippen LogP contribution is -2.43. The van der Waals surface area contributed by atoms with Gasteiger partial charge in [-0.25, -0.2) is 4.79 Å². The van der Waals surface area contributed by atoms with Crippen LogP contribution in [0.15, 0.2) is 48.5 Å². The Bertz CT molecular complexity index is 892. The van der Waals surface area contributed by atoms with Crippen LogP contribution >= 0.6 is 0 Å². The van der Waals surface area contributed by atoms with E-state index in [2.05, 4.69) is 0 Å². The van der Waals surface area contributed by atoms with Crippen LogP contribution in [0.25, 0.3) is 0 Å². The number of fused-ring (bicyclic) bond motifs is 1. The number of cyclic esters (lactones) is 1. The summed E-state index contributed by atoms with van der Waals surface area (Å²) in [6, 6.07) is 15.4. The first-order valence-electron chi connectivity index (χ1n) is 9.49. The summed E-state index contributed by atoms with van der Waals surface area (Å²) in [7, 11) is 0. The van der Waals surface area contributed by atoms with Crippen molar-refractivity contribution in [3.8, 4) is 5.75 Å². The predicted octanol–water partition coefficient (Wildman–Crippen LogP) is 3.39. The molecular formula is C22H24N2O4. The number of hydrogen-bond acceptors (Lipinski definition) is 4. The van der Waals surface area contributed by atoms with E-state index in [-0.39, 0.29) is 12.0 Å². The topological polar surface area (TPSA) is 59.1 Å². The predicted molar refractivity (Wildman–Crippen MR) is 105 cm³/mol. The van der Waals surface area contributed by atoms with Gasteiger partial charge in [0, 0.05) is 17.8 Å². The molecule has 0 saturated carbocycles. The quantitative estimate of drug-likeness (QED) is 0.819. The van der Waals surface area contributed by atoms with Crippen molar-refractivity contribution in [1.29, 1.82) is 0 Å². The number of benzene rings is 2. The highest BCUT2D eigenvalue weighted by molar-refractivity contribution is 5.89. The number of rotatable bonds is 3. The van der Waals surface area contributed by atoms with Crippen LogP contribution in [0.2, 0.25) is 0 Å². The van der Waals surface area contributed by atoms with Crippen LogP contribution in [-0.2, 0) is 22.5 Å². The highest BCUT2D eigenvalue weighted by atomic mass is 16.6. The Morgan fingerprint density at radius 1 is 1.11 bits per heavy atom. The Labute approximate surface area is 164 Å². The van der Waals surface area contributed by atoms with Gasteiger partial charge in [-0.3, -0.25) is 9.69 Å². The summed E-state index contributed by atoms with van der Waals surface area (Å²) < 4.78 is 11.1. The second-order valence-corrected chi connectivity index (χ2v) is 7.83. The molecule has 0 aliphatic carbocycles. The molecule has 0 spiro atoms. The number of hydrogen-bond donors (Lipinski definition) is 0. The van der Waals surface area contributed by atoms with Crippen molar-refractivity contribution >= 4 is 17.7 Å². The SMILES string of the molecule is CC1(C)CN(C(=O)Cc2ccc(N3CCOC3=O)cc2)Cc2ccccc2O1. The molecule has 4 rings (SSSR count). The van der Waals surface area contributed by atoms with E-state index in [1.807, 2.05) is 67.3 Å². The first kappa shape index (κ1) is 18.3. The molecule has 1 fully saturated rings. The van der Waals surface area contributed by atoms with Crippen LogP contribution in [0.4, 0.5) is 10.5 Å². The number of ether oxygens (including phenoxy) is 2. The Kier molecular flexibility index (Phi) is 4.71. The van der Waals surface area contributed by atoms with E-state index in [1.54, 1.807) is 4.90 Å². The molecule has 0 radical (unpaired) electrons. The molecule has 6 nitrogen and oxygen atoms in total. The first-order chi connectivity index (χ1) is 13.4. The van der Waals surface area contributed by atoms with E-state index >= 15 is 0 Å². The van der Waals surface area contributed by atoms with Crippen LogP contribution in [-0.4, -0.2) is 42.2 Å². The molecule has 1 saturated heterocycles. The Balaban J connectivity index is 1.48. The molecule has 6 heteroatoms. The van der Waals surface area contributed by atoms with Crippen molar-refractivity contribution in [2.24, 2.45) is 0 Å². The summed E-state index contributed by atoms with van der Waals surface area (Å²) in [5.74, 6) is 0.895. The second kappa shape index (κ2) is 7.19. The van der Waals surface area contributed by atoms with E-state index in [4.69, 9.17) is 9.47 Å². The lowest BCUT2D eigenvalue weighted by atomic mass is 10.1. The van der Waals surface area contributed by atoms with Gasteiger partial charge in [0.05, 0.1) is 19.5 Å². The normalized spacial score (nSPS) is 18.1. The molecule has 0 unspecified atom stereocenters. The second-order valence-electron chi connectivity index (χ2n) is 7.83. The van der Waals surface area contributed by atoms with Crippen molar-refractivity contribution in [1.82, 2.24) is 4.90 Å². The van der Waals surface area contributed by atoms with Crippen LogP contribution in [0.5, 0.6) is 5.75 Å². The molecule has 2 amide bonds. The zero-order chi connectivity index (χ0) is 19.7. The van der Waals surface area contributed by atoms with Crippen molar-refractivity contribution < 1.29 is 19.1 Å². The highest BCUT2D eigenvalue weighted by Gasteiger charge is 2.31. The third-order valence-corrected chi connectivity index (χ3v) is 5.01. The third-order valence-electron chi connectivity index (χ3n) is 5.01. The van der Waals surface area contributed by atoms with Gasteiger partial charge in [-0.2, -0.15) is 0 Å². The molecular weight excluding hydrogens is 356 g/mol. The van der Waals surface area contributed by atoms with Crippen LogP contribution < -0.4 is 9.64 Å². The fourth-order valence-electron chi connectivity index (χ4n) is 3.67. The number of para-hydroxylation sites is 1. The van der Waals surface area contributed by atoms with Crippen molar-refractivity contribution in [3.05, 3.63) is 59.7 Å². The monoisotopic (exact) mass is 380 g/mol. The highest BCUT2D eigenvalue weighted by Crippen LogP contribution is 2.29. The third kappa shape index (κ3) is 3.81. The molecule has 0 bridgehead atoms. The largest absolute Gasteiger partial charge is 0.486 e. The lowest BCUT2D eigenvalue weighted by molar-refractivity contribution is -0.133. The van der Waals surface area contributed by atoms with Crippen LogP contribution in [0, 0.1) is 0 Å². The molecule has 2 aliphatic heterocycles. The molecule has 146 valence electrons. The smallest absolute Gasteiger partial charge is 0.414 e. The number of anilines is 1. The molecule has 28 heavy (non-hydrogen) atoms. The van der Waals surface area contributed by atoms with Gasteiger partial charge in [-0.15, -0.1) is 0 Å². The molecule has 0 aromatic heterocycles. The Morgan fingerprint density at radius 2 is 1.86 bits per heavy atom. The Morgan fingerprint density at radius 3 is 2.57 bits per heavy atom. The van der Waals surface area contributed by atoms with Gasteiger partial charge in [0.15, 0.2) is 0 Å². The maximum Gasteiger partial charge on any atom is 0.414 e. The summed E-state index contributed by atoms with van der Waals surface area (Å²) in [4.78, 5) is 28.1. The van der Waals surface area contributed by atoms with Crippen LogP contribution in [0.3, 0.4) is 0 Å². The Hall–Kier alpha value is -3.02. The molecule has 0 atom stereocenters. The van der Waals surface area contributed by atoms with Gasteiger partial charge >= 0.3 is 6.09 Å². The van der Waals surface area contributed by atoms with E-state index in [0.717, 1.165) is 22.6 Å². The van der Waals surface area contributed by atoms with E-state index in [0.29, 0.717) is 32.7 Å². The minimum atomic E-state index is -0.456. The van der Waals surface area contributed by atoms with Crippen molar-refractivity contribution in [2.45, 2.75) is 32.4 Å². The average Bonchev–Trinajstić information content (AvgIpc) is 3.02. The maximum atomic E-state index is 13.0. The standard InChI is InChI=1S/C22H24N2O4/c1-22(2)15-23(14-17-5-3-4-6-19(17)28-22)20(25)13-16-7-9-18(10-8-16)24-11-12-27-21(24)26/h3-10H,11-15H2,1-2H3. The number of carbonyl (C=O) groups is 2. The summed E-state index contributed by atoms with van der Waals surface area (Å²) in [5, 5.41) is 0. The van der Waals surface area contributed by atoms with Crippen molar-refractivity contribution in [2.75, 3.05) is 24.6 Å². The zero-order valence-electron chi connectivity index (χ0n) is 16.2. The molecule has 2 heterocycles. The first-order valence-corrected chi connectivity index (χ1v) is 9.49. The van der Waals surface area contributed by atoms with Gasteiger partial charge in [0.1, 0.15) is 18.0 Å². The molecule has 2 aromatic carbocycles. The van der Waals surface area contributed by atoms with Gasteiger partial charge < -0.3 is 14.4 Å². The van der Waals surface area contributed by atoms with Gasteiger partial charge in [0.2, 0.25) is 5.91 Å². The number of nitrogens with zero attached hydrogens (tertiary/aromatic N) is 2. The van der Waals surface area contributed by atoms with Gasteiger partial charge in [0.25, 0.3) is 0 Å². The summed E-state index contributed by atoms with van der Waals surface area (Å²) in [5.41, 5.74) is 2.27. The fourth-order valence-corrected chi connectivity index (χ4v) is 3.67. The van der Waals surface area contributed by atoms with E-state index in [1.165, 1.54) is 0 Å². The summed E-state index contributed by atoms with van der Waals surface area (Å²) >= 11 is 0. The molecule has 2 aliphatic rings. The minimum absolute atomic E-state index is 0.0571. The number of carbonyl (C=O) groups excluding carboxylic acids is 2. The van der Waals surface area contributed by atoms with Crippen LogP contribution in [0.1, 0.15) is 25.0 Å². The van der Waals surface area contributed by atoms with Gasteiger partial charge in [-0.1, -0.05) is 30.3 Å². The summed E-state index contributed by atoms with van der Waals surface area (Å²) in [6.45, 7) is 6.03. The minimum Gasteiger partial charge on any atom is -0.486 e. The maximum absolute atomic E-state index is 13.0. The average molecular weight is 380 g/mol. The van der Waals surface area contributed by atoms with Gasteiger partial charge in [-0.05, 0) is 37.6 Å². The zero-order valence-corrected chi connectivity index (χ0v) is 16.2.